The van der Waals surface area contributed by atoms with Gasteiger partial charge in [-0.1, -0.05) is 186 Å². The van der Waals surface area contributed by atoms with E-state index >= 15 is 0 Å². The van der Waals surface area contributed by atoms with Crippen LogP contribution in [-0.4, -0.2) is 0 Å². The second kappa shape index (κ2) is 21.6. The highest BCUT2D eigenvalue weighted by Gasteiger charge is 2.18. The quantitative estimate of drug-likeness (QED) is 0.150. The lowest BCUT2D eigenvalue weighted by Crippen LogP contribution is -2.13. The molecule has 0 aliphatic heterocycles. The van der Waals surface area contributed by atoms with Crippen LogP contribution in [0.1, 0.15) is 44.5 Å². The van der Waals surface area contributed by atoms with Crippen LogP contribution < -0.4 is 9.80 Å². The summed E-state index contributed by atoms with van der Waals surface area (Å²) in [6.07, 6.45) is 1.03. The zero-order valence-corrected chi connectivity index (χ0v) is 40.1. The normalized spacial score (nSPS) is 10.5. The monoisotopic (exact) mass is 966 g/mol. The summed E-state index contributed by atoms with van der Waals surface area (Å²) in [6, 6.07) is 63.8. The minimum atomic E-state index is 0.681. The number of halogens is 4. The van der Waals surface area contributed by atoms with Crippen LogP contribution in [-0.2, 0) is 6.42 Å². The van der Waals surface area contributed by atoms with E-state index in [0.717, 1.165) is 54.5 Å². The third kappa shape index (κ3) is 13.4. The molecule has 0 bridgehead atoms. The van der Waals surface area contributed by atoms with Gasteiger partial charge in [0.1, 0.15) is 0 Å². The number of hydrogen-bond acceptors (Lipinski definition) is 2. The van der Waals surface area contributed by atoms with E-state index < -0.39 is 0 Å². The fraction of sp³-hybridized carbons (Fsp3) is 0.127. The van der Waals surface area contributed by atoms with Crippen molar-refractivity contribution in [3.63, 3.8) is 0 Å². The molecule has 0 heterocycles. The lowest BCUT2D eigenvalue weighted by Gasteiger charge is -2.30. The zero-order valence-electron chi connectivity index (χ0n) is 35.4. The van der Waals surface area contributed by atoms with E-state index in [2.05, 4.69) is 235 Å². The van der Waals surface area contributed by atoms with Crippen molar-refractivity contribution in [1.82, 2.24) is 0 Å². The summed E-state index contributed by atoms with van der Waals surface area (Å²) in [6.45, 7) is 12.7. The molecule has 0 spiro atoms. The third-order valence-electron chi connectivity index (χ3n) is 10.0. The molecule has 0 aromatic heterocycles. The van der Waals surface area contributed by atoms with Crippen molar-refractivity contribution in [1.29, 1.82) is 0 Å². The Kier molecular flexibility index (Phi) is 16.1. The second-order valence-corrected chi connectivity index (χ2v) is 18.1. The van der Waals surface area contributed by atoms with Crippen molar-refractivity contribution < 1.29 is 0 Å². The first-order chi connectivity index (χ1) is 29.3. The SMILES string of the molecule is Cc1ccc(Cc2ccc(C)cc2)cc1.Cc1ccc(N(c2ccc(C)cc2)c2cc(Cl)cc(N(c3ccc(C)cc3)c3ccc(C)cc3)c2)cc1.Clc1cc(Br)cc(Br)c1. The molecular formula is C55H50Br2Cl2N2. The molecule has 0 unspecified atom stereocenters. The molecular weight excluding hydrogens is 919 g/mol. The van der Waals surface area contributed by atoms with E-state index in [1.165, 1.54) is 44.5 Å². The predicted octanol–water partition coefficient (Wildman–Crippen LogP) is 18.3. The van der Waals surface area contributed by atoms with Crippen molar-refractivity contribution in [2.45, 2.75) is 48.0 Å². The smallest absolute Gasteiger partial charge is 0.0497 e. The number of anilines is 6. The molecule has 8 rings (SSSR count). The zero-order chi connectivity index (χ0) is 43.5. The highest BCUT2D eigenvalue weighted by atomic mass is 79.9. The topological polar surface area (TPSA) is 6.48 Å². The van der Waals surface area contributed by atoms with E-state index in [4.69, 9.17) is 23.2 Å². The first kappa shape index (κ1) is 45.4. The first-order valence-corrected chi connectivity index (χ1v) is 22.5. The van der Waals surface area contributed by atoms with Gasteiger partial charge in [-0.2, -0.15) is 0 Å². The van der Waals surface area contributed by atoms with Gasteiger partial charge in [0.2, 0.25) is 0 Å². The van der Waals surface area contributed by atoms with Gasteiger partial charge < -0.3 is 9.80 Å². The molecule has 0 aliphatic carbocycles. The number of benzene rings is 8. The Labute approximate surface area is 389 Å². The molecule has 0 N–H and O–H groups in total. The van der Waals surface area contributed by atoms with E-state index in [9.17, 15) is 0 Å². The Morgan fingerprint density at radius 3 is 0.820 bits per heavy atom. The summed E-state index contributed by atoms with van der Waals surface area (Å²) in [7, 11) is 0. The molecule has 0 aliphatic rings. The fourth-order valence-corrected chi connectivity index (χ4v) is 8.67. The number of rotatable bonds is 8. The summed E-state index contributed by atoms with van der Waals surface area (Å²) in [5, 5.41) is 1.41. The lowest BCUT2D eigenvalue weighted by atomic mass is 10.0. The predicted molar refractivity (Wildman–Crippen MR) is 272 cm³/mol. The van der Waals surface area contributed by atoms with Gasteiger partial charge in [0.25, 0.3) is 0 Å². The average Bonchev–Trinajstić information content (AvgIpc) is 3.22. The van der Waals surface area contributed by atoms with Crippen molar-refractivity contribution in [2.75, 3.05) is 9.80 Å². The van der Waals surface area contributed by atoms with Crippen molar-refractivity contribution in [3.05, 3.63) is 245 Å². The number of aryl methyl sites for hydroxylation is 6. The molecule has 61 heavy (non-hydrogen) atoms. The van der Waals surface area contributed by atoms with Gasteiger partial charge in [0, 0.05) is 53.1 Å². The molecule has 0 fully saturated rings. The molecule has 0 saturated heterocycles. The third-order valence-corrected chi connectivity index (χ3v) is 11.4. The van der Waals surface area contributed by atoms with Crippen LogP contribution in [0.15, 0.2) is 191 Å². The standard InChI is InChI=1S/C34H31ClN2.C15H16.C6H3Br2Cl/c1-24-5-13-29(14-6-24)36(30-15-7-25(2)8-16-30)33-21-28(35)22-34(23-33)37(31-17-9-26(3)10-18-31)32-19-11-27(4)12-20-32;1-12-3-7-14(8-4-12)11-15-9-5-13(2)6-10-15;7-4-1-5(8)3-6(9)2-4/h5-23H,1-4H3;3-10H,11H2,1-2H3;1-3H. The van der Waals surface area contributed by atoms with E-state index in [0.29, 0.717) is 5.02 Å². The minimum Gasteiger partial charge on any atom is -0.310 e. The maximum absolute atomic E-state index is 6.84. The van der Waals surface area contributed by atoms with Gasteiger partial charge in [-0.05, 0) is 144 Å². The summed E-state index contributed by atoms with van der Waals surface area (Å²) >= 11 is 19.1. The summed E-state index contributed by atoms with van der Waals surface area (Å²) in [5.41, 5.74) is 16.6. The van der Waals surface area contributed by atoms with Crippen molar-refractivity contribution >= 4 is 89.2 Å². The number of nitrogens with zero attached hydrogens (tertiary/aromatic N) is 2. The van der Waals surface area contributed by atoms with E-state index in [1.807, 2.05) is 30.3 Å². The molecule has 2 nitrogen and oxygen atoms in total. The summed E-state index contributed by atoms with van der Waals surface area (Å²) in [5.74, 6) is 0. The van der Waals surface area contributed by atoms with Crippen LogP contribution in [0.2, 0.25) is 10.0 Å². The highest BCUT2D eigenvalue weighted by Crippen LogP contribution is 2.42. The molecule has 308 valence electrons. The molecule has 8 aromatic rings. The Balaban J connectivity index is 0.000000210. The molecule has 0 atom stereocenters. The van der Waals surface area contributed by atoms with Crippen molar-refractivity contribution in [3.8, 4) is 0 Å². The average molecular weight is 970 g/mol. The van der Waals surface area contributed by atoms with Crippen molar-refractivity contribution in [2.24, 2.45) is 0 Å². The molecule has 0 radical (unpaired) electrons. The van der Waals surface area contributed by atoms with Gasteiger partial charge in [-0.3, -0.25) is 0 Å². The molecule has 8 aromatic carbocycles. The van der Waals surface area contributed by atoms with Crippen LogP contribution in [0, 0.1) is 41.5 Å². The van der Waals surface area contributed by atoms with E-state index in [-0.39, 0.29) is 0 Å². The van der Waals surface area contributed by atoms with Crippen LogP contribution in [0.5, 0.6) is 0 Å². The molecule has 0 saturated carbocycles. The maximum atomic E-state index is 6.84. The Morgan fingerprint density at radius 2 is 0.557 bits per heavy atom. The Hall–Kier alpha value is -5.10. The summed E-state index contributed by atoms with van der Waals surface area (Å²) < 4.78 is 1.98. The fourth-order valence-electron chi connectivity index (χ4n) is 6.65. The molecule has 0 amide bonds. The highest BCUT2D eigenvalue weighted by molar-refractivity contribution is 9.11. The van der Waals surface area contributed by atoms with Gasteiger partial charge in [-0.15, -0.1) is 0 Å². The van der Waals surface area contributed by atoms with E-state index in [1.54, 1.807) is 0 Å². The van der Waals surface area contributed by atoms with Crippen LogP contribution in [0.3, 0.4) is 0 Å². The Morgan fingerprint density at radius 1 is 0.311 bits per heavy atom. The van der Waals surface area contributed by atoms with Gasteiger partial charge in [0.15, 0.2) is 0 Å². The van der Waals surface area contributed by atoms with Crippen LogP contribution in [0.25, 0.3) is 0 Å². The summed E-state index contributed by atoms with van der Waals surface area (Å²) in [4.78, 5) is 4.52. The van der Waals surface area contributed by atoms with Gasteiger partial charge in [-0.25, -0.2) is 0 Å². The van der Waals surface area contributed by atoms with Gasteiger partial charge >= 0.3 is 0 Å². The second-order valence-electron chi connectivity index (χ2n) is 15.4. The van der Waals surface area contributed by atoms with Gasteiger partial charge in [0.05, 0.1) is 0 Å². The van der Waals surface area contributed by atoms with Crippen LogP contribution in [0.4, 0.5) is 34.1 Å². The maximum Gasteiger partial charge on any atom is 0.0497 e. The molecule has 6 heteroatoms. The lowest BCUT2D eigenvalue weighted by molar-refractivity contribution is 1.18. The minimum absolute atomic E-state index is 0.681. The number of hydrogen-bond donors (Lipinski definition) is 0. The Bertz CT molecular complexity index is 2330. The first-order valence-electron chi connectivity index (χ1n) is 20.2. The largest absolute Gasteiger partial charge is 0.310 e. The van der Waals surface area contributed by atoms with Crippen LogP contribution >= 0.6 is 55.1 Å².